The highest BCUT2D eigenvalue weighted by atomic mass is 16.5. The molecule has 6 atom stereocenters. The summed E-state index contributed by atoms with van der Waals surface area (Å²) in [6, 6.07) is 1.48. The summed E-state index contributed by atoms with van der Waals surface area (Å²) >= 11 is 0. The summed E-state index contributed by atoms with van der Waals surface area (Å²) in [5.41, 5.74) is 3.52. The molecule has 7 aliphatic rings. The lowest BCUT2D eigenvalue weighted by Gasteiger charge is -2.45. The Balaban J connectivity index is 0.984. The van der Waals surface area contributed by atoms with Crippen molar-refractivity contribution >= 4 is 0 Å². The molecule has 1 heterocycles. The molecule has 6 saturated carbocycles. The van der Waals surface area contributed by atoms with Crippen molar-refractivity contribution < 1.29 is 18.9 Å². The molecule has 316 valence electrons. The van der Waals surface area contributed by atoms with Crippen LogP contribution in [-0.4, -0.2) is 76.9 Å². The minimum Gasteiger partial charge on any atom is -0.381 e. The minimum atomic E-state index is 0.464. The van der Waals surface area contributed by atoms with Crippen molar-refractivity contribution in [3.63, 3.8) is 0 Å². The third kappa shape index (κ3) is 10.9. The van der Waals surface area contributed by atoms with Crippen LogP contribution in [0.2, 0.25) is 0 Å². The van der Waals surface area contributed by atoms with E-state index in [9.17, 15) is 0 Å². The monoisotopic (exact) mass is 774 g/mol. The molecule has 6 aliphatic carbocycles. The van der Waals surface area contributed by atoms with Gasteiger partial charge in [-0.05, 0) is 208 Å². The lowest BCUT2D eigenvalue weighted by molar-refractivity contribution is 0.0503. The third-order valence-electron chi connectivity index (χ3n) is 17.2. The molecule has 5 nitrogen and oxygen atoms in total. The van der Waals surface area contributed by atoms with E-state index in [0.717, 1.165) is 47.6 Å². The fourth-order valence-electron chi connectivity index (χ4n) is 13.6. The van der Waals surface area contributed by atoms with E-state index in [2.05, 4.69) is 48.4 Å². The van der Waals surface area contributed by atoms with Crippen LogP contribution in [0.15, 0.2) is 47.6 Å². The molecule has 1 aliphatic heterocycles. The van der Waals surface area contributed by atoms with Crippen molar-refractivity contribution in [2.45, 2.75) is 191 Å². The van der Waals surface area contributed by atoms with E-state index in [1.165, 1.54) is 154 Å². The van der Waals surface area contributed by atoms with Crippen LogP contribution in [0.25, 0.3) is 0 Å². The first kappa shape index (κ1) is 42.9. The number of ether oxygens (including phenoxy) is 4. The molecule has 6 unspecified atom stereocenters. The molecule has 5 heteroatoms. The van der Waals surface area contributed by atoms with Gasteiger partial charge < -0.3 is 18.9 Å². The summed E-state index contributed by atoms with van der Waals surface area (Å²) in [7, 11) is 10.1. The predicted molar refractivity (Wildman–Crippen MR) is 232 cm³/mol. The lowest BCUT2D eigenvalue weighted by atomic mass is 9.72. The van der Waals surface area contributed by atoms with Crippen LogP contribution in [0, 0.1) is 47.3 Å². The van der Waals surface area contributed by atoms with Crippen molar-refractivity contribution in [3.8, 4) is 0 Å². The smallest absolute Gasteiger partial charge is 0.0571 e. The van der Waals surface area contributed by atoms with E-state index in [4.69, 9.17) is 18.9 Å². The van der Waals surface area contributed by atoms with Gasteiger partial charge in [-0.15, -0.1) is 0 Å². The van der Waals surface area contributed by atoms with Gasteiger partial charge in [-0.1, -0.05) is 47.6 Å². The van der Waals surface area contributed by atoms with Crippen molar-refractivity contribution in [2.24, 2.45) is 47.3 Å². The maximum absolute atomic E-state index is 5.77. The summed E-state index contributed by atoms with van der Waals surface area (Å²) in [5, 5.41) is 0. The van der Waals surface area contributed by atoms with Crippen molar-refractivity contribution in [1.82, 2.24) is 4.90 Å². The van der Waals surface area contributed by atoms with Crippen molar-refractivity contribution in [1.29, 1.82) is 0 Å². The number of rotatable bonds is 12. The Labute approximate surface area is 343 Å². The molecule has 0 N–H and O–H groups in total. The summed E-state index contributed by atoms with van der Waals surface area (Å²) in [4.78, 5) is 2.94. The topological polar surface area (TPSA) is 40.2 Å². The van der Waals surface area contributed by atoms with Crippen LogP contribution >= 0.6 is 0 Å². The second-order valence-electron chi connectivity index (χ2n) is 20.0. The normalized spacial score (nSPS) is 41.4. The molecule has 0 bridgehead atoms. The Morgan fingerprint density at radius 3 is 0.964 bits per heavy atom. The summed E-state index contributed by atoms with van der Waals surface area (Å²) in [5.74, 6) is 6.12. The molecule has 0 amide bonds. The quantitative estimate of drug-likeness (QED) is 0.185. The molecule has 7 rings (SSSR count). The summed E-state index contributed by atoms with van der Waals surface area (Å²) in [6.07, 6.45) is 48.7. The molecule has 56 heavy (non-hydrogen) atoms. The Hall–Kier alpha value is -1.24. The van der Waals surface area contributed by atoms with Crippen LogP contribution < -0.4 is 0 Å². The van der Waals surface area contributed by atoms with E-state index in [-0.39, 0.29) is 0 Å². The van der Waals surface area contributed by atoms with Gasteiger partial charge in [0, 0.05) is 40.5 Å². The van der Waals surface area contributed by atoms with Crippen LogP contribution in [-0.2, 0) is 18.9 Å². The number of nitrogens with zero attached hydrogens (tertiary/aromatic N) is 1. The number of hydrogen-bond acceptors (Lipinski definition) is 5. The molecule has 1 saturated heterocycles. The van der Waals surface area contributed by atoms with Crippen molar-refractivity contribution in [2.75, 3.05) is 35.5 Å². The maximum Gasteiger partial charge on any atom is 0.0571 e. The Kier molecular flexibility index (Phi) is 16.3. The first-order chi connectivity index (χ1) is 27.5. The zero-order valence-corrected chi connectivity index (χ0v) is 36.6. The van der Waals surface area contributed by atoms with Gasteiger partial charge in [-0.3, -0.25) is 4.90 Å². The molecule has 0 aromatic rings. The van der Waals surface area contributed by atoms with E-state index in [1.54, 1.807) is 11.1 Å². The predicted octanol–water partition coefficient (Wildman–Crippen LogP) is 12.1. The maximum atomic E-state index is 5.77. The highest BCUT2D eigenvalue weighted by Crippen LogP contribution is 2.47. The van der Waals surface area contributed by atoms with Gasteiger partial charge in [0.1, 0.15) is 0 Å². The lowest BCUT2D eigenvalue weighted by Crippen LogP contribution is -2.49. The highest BCUT2D eigenvalue weighted by molar-refractivity contribution is 5.22. The van der Waals surface area contributed by atoms with Gasteiger partial charge in [0.05, 0.1) is 24.4 Å². The van der Waals surface area contributed by atoms with Gasteiger partial charge >= 0.3 is 0 Å². The van der Waals surface area contributed by atoms with Gasteiger partial charge in [0.25, 0.3) is 0 Å². The Morgan fingerprint density at radius 2 is 0.679 bits per heavy atom. The minimum absolute atomic E-state index is 0.464. The van der Waals surface area contributed by atoms with Gasteiger partial charge in [-0.2, -0.15) is 0 Å². The van der Waals surface area contributed by atoms with Crippen LogP contribution in [0.4, 0.5) is 0 Å². The number of allylic oxidation sites excluding steroid dienone is 8. The fourth-order valence-corrected chi connectivity index (χ4v) is 13.6. The molecular weight excluding hydrogens is 691 g/mol. The fraction of sp³-hybridized carbons (Fsp3) is 0.843. The molecule has 0 aromatic heterocycles. The number of methoxy groups -OCH3 is 4. The summed E-state index contributed by atoms with van der Waals surface area (Å²) < 4.78 is 23.1. The van der Waals surface area contributed by atoms with Gasteiger partial charge in [0.15, 0.2) is 0 Å². The second-order valence-corrected chi connectivity index (χ2v) is 20.0. The zero-order valence-electron chi connectivity index (χ0n) is 36.6. The van der Waals surface area contributed by atoms with E-state index < -0.39 is 0 Å². The first-order valence-electron chi connectivity index (χ1n) is 24.1. The largest absolute Gasteiger partial charge is 0.381 e. The zero-order chi connectivity index (χ0) is 38.9. The molecule has 0 radical (unpaired) electrons. The third-order valence-corrected chi connectivity index (χ3v) is 17.2. The average Bonchev–Trinajstić information content (AvgIpc) is 3.39. The number of likely N-dealkylation sites (tertiary alicyclic amines) is 1. The number of hydrogen-bond donors (Lipinski definition) is 0. The summed E-state index contributed by atoms with van der Waals surface area (Å²) in [6.45, 7) is 0. The molecule has 0 spiro atoms. The Morgan fingerprint density at radius 1 is 0.393 bits per heavy atom. The average molecular weight is 774 g/mol. The van der Waals surface area contributed by atoms with Crippen LogP contribution in [0.1, 0.15) is 154 Å². The van der Waals surface area contributed by atoms with Crippen molar-refractivity contribution in [3.05, 3.63) is 47.6 Å². The Bertz CT molecular complexity index is 1140. The molecule has 0 aromatic carbocycles. The molecule has 7 fully saturated rings. The van der Waals surface area contributed by atoms with Crippen LogP contribution in [0.5, 0.6) is 0 Å². The second kappa shape index (κ2) is 21.3. The molecular formula is C51H83NO4. The standard InChI is InChI=1S/C51H83NO4/c1-52-50-34-36(8-6-10-48(38-18-26-44(53-2)27-19-38)39-20-28-45(54-3)29-21-39)12-14-42(50)16-17-43-15-13-37(35-51(43)52)9-7-11-49(40-22-30-46(55-4)31-23-40)41-24-32-47(56-5)33-25-41/h6-11,36-47,50-51H,12-35H2,1-5H3. The van der Waals surface area contributed by atoms with Crippen LogP contribution in [0.3, 0.4) is 0 Å². The van der Waals surface area contributed by atoms with E-state index >= 15 is 0 Å². The SMILES string of the molecule is COC1CCC(C(=CC=CC2CCC3CCC4CCC(C=CC=C(C5CCC(OC)CC5)C5CCC(OC)CC5)CC4N(C)C3C2)C2CCC(OC)CC2)CC1. The first-order valence-corrected chi connectivity index (χ1v) is 24.1. The van der Waals surface area contributed by atoms with E-state index in [0.29, 0.717) is 36.3 Å². The number of fused-ring (bicyclic) bond motifs is 2. The highest BCUT2D eigenvalue weighted by Gasteiger charge is 2.42. The van der Waals surface area contributed by atoms with Gasteiger partial charge in [0.2, 0.25) is 0 Å². The van der Waals surface area contributed by atoms with Gasteiger partial charge in [-0.25, -0.2) is 0 Å². The van der Waals surface area contributed by atoms with E-state index in [1.807, 2.05) is 28.4 Å².